The number of rotatable bonds is 4. The lowest BCUT2D eigenvalue weighted by Crippen LogP contribution is -2.05. The van der Waals surface area contributed by atoms with Gasteiger partial charge in [-0.15, -0.1) is 0 Å². The Hall–Kier alpha value is -1.81. The van der Waals surface area contributed by atoms with Crippen molar-refractivity contribution in [3.05, 3.63) is 35.4 Å². The second-order valence-electron chi connectivity index (χ2n) is 4.84. The van der Waals surface area contributed by atoms with Gasteiger partial charge in [0.05, 0.1) is 26.7 Å². The van der Waals surface area contributed by atoms with E-state index >= 15 is 0 Å². The maximum absolute atomic E-state index is 11.3. The molecule has 0 heterocycles. The summed E-state index contributed by atoms with van der Waals surface area (Å²) in [5, 5.41) is 0. The first-order valence-electron chi connectivity index (χ1n) is 6.60. The average molecular weight is 276 g/mol. The van der Waals surface area contributed by atoms with E-state index in [0.29, 0.717) is 0 Å². The van der Waals surface area contributed by atoms with Crippen LogP contribution < -0.4 is 4.74 Å². The zero-order valence-corrected chi connectivity index (χ0v) is 12.3. The maximum Gasteiger partial charge on any atom is 0.309 e. The third kappa shape index (κ3) is 2.56. The molecule has 0 bridgehead atoms. The molecule has 1 aromatic carbocycles. The SMILES string of the molecule is COC(=O)CC=C1c2ccc(OC)cc2[C@@H](OC)[C@@H]1C. The molecule has 0 aromatic heterocycles. The molecule has 0 saturated heterocycles. The van der Waals surface area contributed by atoms with Gasteiger partial charge in [-0.2, -0.15) is 0 Å². The van der Waals surface area contributed by atoms with E-state index in [1.54, 1.807) is 14.2 Å². The summed E-state index contributed by atoms with van der Waals surface area (Å²) in [5.41, 5.74) is 3.35. The van der Waals surface area contributed by atoms with Gasteiger partial charge in [0, 0.05) is 13.0 Å². The van der Waals surface area contributed by atoms with Gasteiger partial charge >= 0.3 is 5.97 Å². The Bertz CT molecular complexity index is 533. The van der Waals surface area contributed by atoms with Gasteiger partial charge in [-0.1, -0.05) is 19.1 Å². The highest BCUT2D eigenvalue weighted by molar-refractivity contribution is 5.80. The molecule has 0 saturated carbocycles. The van der Waals surface area contributed by atoms with E-state index in [0.717, 1.165) is 22.4 Å². The molecule has 0 unspecified atom stereocenters. The van der Waals surface area contributed by atoms with E-state index in [2.05, 4.69) is 11.7 Å². The Morgan fingerprint density at radius 2 is 2.05 bits per heavy atom. The van der Waals surface area contributed by atoms with E-state index in [4.69, 9.17) is 9.47 Å². The molecule has 0 N–H and O–H groups in total. The van der Waals surface area contributed by atoms with Crippen LogP contribution in [0.3, 0.4) is 0 Å². The van der Waals surface area contributed by atoms with E-state index in [-0.39, 0.29) is 24.4 Å². The number of methoxy groups -OCH3 is 3. The van der Waals surface area contributed by atoms with Crippen LogP contribution >= 0.6 is 0 Å². The van der Waals surface area contributed by atoms with Crippen LogP contribution in [0.1, 0.15) is 30.6 Å². The van der Waals surface area contributed by atoms with Crippen LogP contribution in [-0.4, -0.2) is 27.3 Å². The molecule has 4 nitrogen and oxygen atoms in total. The highest BCUT2D eigenvalue weighted by Crippen LogP contribution is 2.47. The van der Waals surface area contributed by atoms with Crippen molar-refractivity contribution >= 4 is 11.5 Å². The van der Waals surface area contributed by atoms with Crippen molar-refractivity contribution in [3.63, 3.8) is 0 Å². The topological polar surface area (TPSA) is 44.8 Å². The lowest BCUT2D eigenvalue weighted by molar-refractivity contribution is -0.139. The summed E-state index contributed by atoms with van der Waals surface area (Å²) >= 11 is 0. The van der Waals surface area contributed by atoms with E-state index in [1.807, 2.05) is 24.3 Å². The van der Waals surface area contributed by atoms with Crippen molar-refractivity contribution in [1.82, 2.24) is 0 Å². The predicted molar refractivity (Wildman–Crippen MR) is 76.5 cm³/mol. The Kier molecular flexibility index (Phi) is 4.45. The molecular formula is C16H20O4. The standard InChI is InChI=1S/C16H20O4/c1-10-12(7-8-15(17)19-3)13-6-5-11(18-2)9-14(13)16(10)20-4/h5-7,9-10,16H,8H2,1-4H3/t10-,16+/m1/s1. The molecule has 1 aromatic rings. The lowest BCUT2D eigenvalue weighted by Gasteiger charge is -2.15. The van der Waals surface area contributed by atoms with Gasteiger partial charge in [-0.3, -0.25) is 4.79 Å². The smallest absolute Gasteiger partial charge is 0.309 e. The molecule has 0 amide bonds. The summed E-state index contributed by atoms with van der Waals surface area (Å²) in [6.45, 7) is 2.10. The first-order chi connectivity index (χ1) is 9.62. The number of carbonyl (C=O) groups excluding carboxylic acids is 1. The lowest BCUT2D eigenvalue weighted by atomic mass is 9.99. The summed E-state index contributed by atoms with van der Waals surface area (Å²) in [6.07, 6.45) is 2.20. The number of hydrogen-bond acceptors (Lipinski definition) is 4. The minimum Gasteiger partial charge on any atom is -0.497 e. The van der Waals surface area contributed by atoms with E-state index < -0.39 is 0 Å². The normalized spacial score (nSPS) is 22.7. The number of benzene rings is 1. The quantitative estimate of drug-likeness (QED) is 0.793. The Morgan fingerprint density at radius 3 is 2.65 bits per heavy atom. The molecule has 2 atom stereocenters. The molecule has 20 heavy (non-hydrogen) atoms. The molecule has 0 spiro atoms. The van der Waals surface area contributed by atoms with Gasteiger partial charge in [-0.25, -0.2) is 0 Å². The van der Waals surface area contributed by atoms with Crippen LogP contribution in [0.15, 0.2) is 24.3 Å². The van der Waals surface area contributed by atoms with Crippen LogP contribution in [0.4, 0.5) is 0 Å². The second kappa shape index (κ2) is 6.09. The summed E-state index contributed by atoms with van der Waals surface area (Å²) in [4.78, 5) is 11.3. The first kappa shape index (κ1) is 14.6. The van der Waals surface area contributed by atoms with Crippen molar-refractivity contribution in [1.29, 1.82) is 0 Å². The number of fused-ring (bicyclic) bond motifs is 1. The third-order valence-electron chi connectivity index (χ3n) is 3.79. The van der Waals surface area contributed by atoms with Gasteiger partial charge in [0.15, 0.2) is 0 Å². The third-order valence-corrected chi connectivity index (χ3v) is 3.79. The van der Waals surface area contributed by atoms with E-state index in [9.17, 15) is 4.79 Å². The van der Waals surface area contributed by atoms with Gasteiger partial charge < -0.3 is 14.2 Å². The molecule has 1 aliphatic carbocycles. The van der Waals surface area contributed by atoms with Crippen LogP contribution in [0.5, 0.6) is 5.75 Å². The summed E-state index contributed by atoms with van der Waals surface area (Å²) in [6, 6.07) is 5.95. The molecular weight excluding hydrogens is 256 g/mol. The number of esters is 1. The van der Waals surface area contributed by atoms with Gasteiger partial charge in [0.25, 0.3) is 0 Å². The fraction of sp³-hybridized carbons (Fsp3) is 0.438. The fourth-order valence-electron chi connectivity index (χ4n) is 2.75. The van der Waals surface area contributed by atoms with Gasteiger partial charge in [-0.05, 0) is 28.8 Å². The van der Waals surface area contributed by atoms with Crippen LogP contribution in [0.25, 0.3) is 5.57 Å². The van der Waals surface area contributed by atoms with Crippen molar-refractivity contribution < 1.29 is 19.0 Å². The predicted octanol–water partition coefficient (Wildman–Crippen LogP) is 2.98. The van der Waals surface area contributed by atoms with Crippen molar-refractivity contribution in [3.8, 4) is 5.75 Å². The van der Waals surface area contributed by atoms with Crippen molar-refractivity contribution in [2.45, 2.75) is 19.4 Å². The second-order valence-corrected chi connectivity index (χ2v) is 4.84. The van der Waals surface area contributed by atoms with Crippen LogP contribution in [0.2, 0.25) is 0 Å². The Balaban J connectivity index is 2.40. The minimum atomic E-state index is -0.236. The van der Waals surface area contributed by atoms with Gasteiger partial charge in [0.2, 0.25) is 0 Å². The van der Waals surface area contributed by atoms with Gasteiger partial charge in [0.1, 0.15) is 5.75 Å². The highest BCUT2D eigenvalue weighted by atomic mass is 16.5. The molecule has 1 aliphatic rings. The van der Waals surface area contributed by atoms with Crippen LogP contribution in [0, 0.1) is 5.92 Å². The molecule has 0 aliphatic heterocycles. The monoisotopic (exact) mass is 276 g/mol. The number of hydrogen-bond donors (Lipinski definition) is 0. The first-order valence-corrected chi connectivity index (χ1v) is 6.60. The summed E-state index contributed by atoms with van der Waals surface area (Å²) < 4.78 is 15.6. The van der Waals surface area contributed by atoms with E-state index in [1.165, 1.54) is 7.11 Å². The molecule has 4 heteroatoms. The Morgan fingerprint density at radius 1 is 1.30 bits per heavy atom. The highest BCUT2D eigenvalue weighted by Gasteiger charge is 2.33. The zero-order valence-electron chi connectivity index (χ0n) is 12.3. The average Bonchev–Trinajstić information content (AvgIpc) is 2.74. The molecule has 108 valence electrons. The van der Waals surface area contributed by atoms with Crippen LogP contribution in [-0.2, 0) is 14.3 Å². The number of ether oxygens (including phenoxy) is 3. The zero-order chi connectivity index (χ0) is 14.7. The Labute approximate surface area is 119 Å². The summed E-state index contributed by atoms with van der Waals surface area (Å²) in [7, 11) is 4.75. The summed E-state index contributed by atoms with van der Waals surface area (Å²) in [5.74, 6) is 0.777. The molecule has 0 fully saturated rings. The minimum absolute atomic E-state index is 0.0102. The largest absolute Gasteiger partial charge is 0.497 e. The van der Waals surface area contributed by atoms with Crippen molar-refractivity contribution in [2.75, 3.05) is 21.3 Å². The molecule has 2 rings (SSSR count). The molecule has 0 radical (unpaired) electrons. The van der Waals surface area contributed by atoms with Crippen molar-refractivity contribution in [2.24, 2.45) is 5.92 Å². The number of carbonyl (C=O) groups is 1. The maximum atomic E-state index is 11.3. The fourth-order valence-corrected chi connectivity index (χ4v) is 2.75.